The standard InChI is InChI=1S/C20H27N5O3S.HI/c1-15-5-4-6-17(11-15)13-23-20(24-14-19(26)25(2)3)22-12-16-7-9-18(10-8-16)29(21,27)28;/h4-11H,12-14H2,1-3H3,(H2,21,27,28)(H2,22,23,24);1H. The predicted octanol–water partition coefficient (Wildman–Crippen LogP) is 1.58. The zero-order valence-corrected chi connectivity index (χ0v) is 20.4. The molecule has 0 aliphatic carbocycles. The van der Waals surface area contributed by atoms with Gasteiger partial charge >= 0.3 is 0 Å². The summed E-state index contributed by atoms with van der Waals surface area (Å²) in [5, 5.41) is 11.3. The van der Waals surface area contributed by atoms with Crippen molar-refractivity contribution in [3.05, 3.63) is 65.2 Å². The van der Waals surface area contributed by atoms with Crippen LogP contribution < -0.4 is 15.8 Å². The van der Waals surface area contributed by atoms with Crippen LogP contribution in [0.3, 0.4) is 0 Å². The van der Waals surface area contributed by atoms with Crippen molar-refractivity contribution >= 4 is 45.9 Å². The van der Waals surface area contributed by atoms with Gasteiger partial charge in [0.05, 0.1) is 18.0 Å². The molecule has 0 aliphatic rings. The molecule has 0 bridgehead atoms. The van der Waals surface area contributed by atoms with E-state index in [-0.39, 0.29) is 41.3 Å². The number of nitrogens with two attached hydrogens (primary N) is 1. The van der Waals surface area contributed by atoms with Crippen LogP contribution >= 0.6 is 24.0 Å². The topological polar surface area (TPSA) is 117 Å². The van der Waals surface area contributed by atoms with Crippen molar-refractivity contribution in [2.24, 2.45) is 10.1 Å². The highest BCUT2D eigenvalue weighted by Gasteiger charge is 2.08. The fourth-order valence-electron chi connectivity index (χ4n) is 2.46. The predicted molar refractivity (Wildman–Crippen MR) is 129 cm³/mol. The fourth-order valence-corrected chi connectivity index (χ4v) is 2.97. The van der Waals surface area contributed by atoms with Gasteiger partial charge in [0.2, 0.25) is 15.9 Å². The van der Waals surface area contributed by atoms with Gasteiger partial charge in [-0.15, -0.1) is 24.0 Å². The van der Waals surface area contributed by atoms with Crippen molar-refractivity contribution < 1.29 is 13.2 Å². The van der Waals surface area contributed by atoms with Crippen molar-refractivity contribution in [2.75, 3.05) is 20.6 Å². The SMILES string of the molecule is Cc1cccc(CN=C(NCC(=O)N(C)C)NCc2ccc(S(N)(=O)=O)cc2)c1.I. The molecule has 30 heavy (non-hydrogen) atoms. The average Bonchev–Trinajstić information content (AvgIpc) is 2.66. The maximum absolute atomic E-state index is 11.9. The van der Waals surface area contributed by atoms with E-state index < -0.39 is 10.0 Å². The second kappa shape index (κ2) is 11.9. The van der Waals surface area contributed by atoms with Gasteiger partial charge in [0.15, 0.2) is 5.96 Å². The lowest BCUT2D eigenvalue weighted by Gasteiger charge is -2.15. The van der Waals surface area contributed by atoms with Gasteiger partial charge in [-0.25, -0.2) is 18.5 Å². The Morgan fingerprint density at radius 1 is 1.07 bits per heavy atom. The first-order valence-electron chi connectivity index (χ1n) is 9.05. The van der Waals surface area contributed by atoms with Gasteiger partial charge < -0.3 is 15.5 Å². The third-order valence-corrected chi connectivity index (χ3v) is 5.05. The Bertz CT molecular complexity index is 976. The van der Waals surface area contributed by atoms with Crippen LogP contribution in [0.25, 0.3) is 0 Å². The number of halogens is 1. The smallest absolute Gasteiger partial charge is 0.241 e. The highest BCUT2D eigenvalue weighted by molar-refractivity contribution is 14.0. The van der Waals surface area contributed by atoms with Gasteiger partial charge in [-0.3, -0.25) is 4.79 Å². The molecule has 2 aromatic carbocycles. The lowest BCUT2D eigenvalue weighted by atomic mass is 10.1. The monoisotopic (exact) mass is 545 g/mol. The van der Waals surface area contributed by atoms with E-state index in [1.54, 1.807) is 26.2 Å². The molecule has 0 saturated heterocycles. The van der Waals surface area contributed by atoms with Crippen molar-refractivity contribution in [1.29, 1.82) is 0 Å². The maximum Gasteiger partial charge on any atom is 0.241 e. The molecule has 0 atom stereocenters. The lowest BCUT2D eigenvalue weighted by molar-refractivity contribution is -0.127. The number of sulfonamides is 1. The van der Waals surface area contributed by atoms with E-state index in [9.17, 15) is 13.2 Å². The maximum atomic E-state index is 11.9. The van der Waals surface area contributed by atoms with E-state index in [1.165, 1.54) is 17.0 Å². The van der Waals surface area contributed by atoms with Crippen LogP contribution in [0.4, 0.5) is 0 Å². The number of nitrogens with zero attached hydrogens (tertiary/aromatic N) is 2. The summed E-state index contributed by atoms with van der Waals surface area (Å²) in [6.07, 6.45) is 0. The Balaban J connectivity index is 0.00000450. The van der Waals surface area contributed by atoms with Crippen molar-refractivity contribution in [3.8, 4) is 0 Å². The molecule has 164 valence electrons. The highest BCUT2D eigenvalue weighted by Crippen LogP contribution is 2.09. The molecule has 1 amide bonds. The molecule has 10 heteroatoms. The number of primary sulfonamides is 1. The Kier molecular flexibility index (Phi) is 10.2. The molecule has 2 rings (SSSR count). The number of amides is 1. The number of aryl methyl sites for hydroxylation is 1. The molecular formula is C20H28IN5O3S. The van der Waals surface area contributed by atoms with Gasteiger partial charge in [-0.2, -0.15) is 0 Å². The minimum Gasteiger partial charge on any atom is -0.352 e. The third-order valence-electron chi connectivity index (χ3n) is 4.12. The Labute approximate surface area is 195 Å². The van der Waals surface area contributed by atoms with E-state index >= 15 is 0 Å². The molecule has 0 unspecified atom stereocenters. The number of aliphatic imine (C=N–C) groups is 1. The number of benzene rings is 2. The van der Waals surface area contributed by atoms with Gasteiger partial charge in [-0.1, -0.05) is 42.0 Å². The molecule has 0 spiro atoms. The molecule has 2 aromatic rings. The van der Waals surface area contributed by atoms with E-state index in [0.29, 0.717) is 19.0 Å². The van der Waals surface area contributed by atoms with E-state index in [4.69, 9.17) is 5.14 Å². The van der Waals surface area contributed by atoms with Crippen molar-refractivity contribution in [1.82, 2.24) is 15.5 Å². The average molecular weight is 545 g/mol. The summed E-state index contributed by atoms with van der Waals surface area (Å²) in [7, 11) is -0.342. The molecular weight excluding hydrogens is 517 g/mol. The van der Waals surface area contributed by atoms with Gasteiger partial charge in [-0.05, 0) is 30.2 Å². The third kappa shape index (κ3) is 8.67. The summed E-state index contributed by atoms with van der Waals surface area (Å²) in [6.45, 7) is 2.99. The number of carbonyl (C=O) groups excluding carboxylic acids is 1. The van der Waals surface area contributed by atoms with Gasteiger partial charge in [0.25, 0.3) is 0 Å². The highest BCUT2D eigenvalue weighted by atomic mass is 127. The number of nitrogens with one attached hydrogen (secondary N) is 2. The summed E-state index contributed by atoms with van der Waals surface area (Å²) in [5.74, 6) is 0.407. The van der Waals surface area contributed by atoms with Crippen LogP contribution in [0.5, 0.6) is 0 Å². The molecule has 4 N–H and O–H groups in total. The summed E-state index contributed by atoms with van der Waals surface area (Å²) >= 11 is 0. The lowest BCUT2D eigenvalue weighted by Crippen LogP contribution is -2.42. The second-order valence-corrected chi connectivity index (χ2v) is 8.40. The number of hydrogen-bond donors (Lipinski definition) is 3. The first kappa shape index (κ1) is 25.9. The summed E-state index contributed by atoms with van der Waals surface area (Å²) in [6, 6.07) is 14.3. The molecule has 0 radical (unpaired) electrons. The summed E-state index contributed by atoms with van der Waals surface area (Å²) in [4.78, 5) is 18.0. The summed E-state index contributed by atoms with van der Waals surface area (Å²) in [5.41, 5.74) is 3.06. The normalized spacial score (nSPS) is 11.4. The van der Waals surface area contributed by atoms with Crippen LogP contribution in [-0.4, -0.2) is 45.8 Å². The second-order valence-electron chi connectivity index (χ2n) is 6.84. The summed E-state index contributed by atoms with van der Waals surface area (Å²) < 4.78 is 22.7. The Hall–Kier alpha value is -2.18. The molecule has 8 nitrogen and oxygen atoms in total. The van der Waals surface area contributed by atoms with Crippen LogP contribution in [0.15, 0.2) is 58.4 Å². The molecule has 0 aliphatic heterocycles. The Morgan fingerprint density at radius 3 is 2.30 bits per heavy atom. The number of hydrogen-bond acceptors (Lipinski definition) is 4. The number of guanidine groups is 1. The molecule has 0 saturated carbocycles. The molecule has 0 aromatic heterocycles. The van der Waals surface area contributed by atoms with Crippen LogP contribution in [0.2, 0.25) is 0 Å². The van der Waals surface area contributed by atoms with E-state index in [0.717, 1.165) is 16.7 Å². The number of carbonyl (C=O) groups is 1. The zero-order valence-electron chi connectivity index (χ0n) is 17.3. The first-order valence-corrected chi connectivity index (χ1v) is 10.6. The Morgan fingerprint density at radius 2 is 1.73 bits per heavy atom. The van der Waals surface area contributed by atoms with E-state index in [1.807, 2.05) is 25.1 Å². The molecule has 0 fully saturated rings. The van der Waals surface area contributed by atoms with Crippen LogP contribution in [0, 0.1) is 6.92 Å². The van der Waals surface area contributed by atoms with Gasteiger partial charge in [0, 0.05) is 20.6 Å². The number of likely N-dealkylation sites (N-methyl/N-ethyl adjacent to an activating group) is 1. The fraction of sp³-hybridized carbons (Fsp3) is 0.300. The quantitative estimate of drug-likeness (QED) is 0.278. The van der Waals surface area contributed by atoms with Crippen LogP contribution in [-0.2, 0) is 27.9 Å². The van der Waals surface area contributed by atoms with Crippen molar-refractivity contribution in [2.45, 2.75) is 24.9 Å². The first-order chi connectivity index (χ1) is 13.6. The number of rotatable bonds is 7. The largest absolute Gasteiger partial charge is 0.352 e. The van der Waals surface area contributed by atoms with Gasteiger partial charge in [0.1, 0.15) is 0 Å². The zero-order chi connectivity index (χ0) is 21.4. The van der Waals surface area contributed by atoms with Crippen LogP contribution in [0.1, 0.15) is 16.7 Å². The van der Waals surface area contributed by atoms with Crippen molar-refractivity contribution in [3.63, 3.8) is 0 Å². The minimum absolute atomic E-state index is 0. The van der Waals surface area contributed by atoms with E-state index in [2.05, 4.69) is 21.7 Å². The molecule has 0 heterocycles. The minimum atomic E-state index is -3.72.